The molecule has 0 amide bonds. The summed E-state index contributed by atoms with van der Waals surface area (Å²) >= 11 is 0. The largest absolute Gasteiger partial charge is 0.480 e. The van der Waals surface area contributed by atoms with Crippen LogP contribution in [0.3, 0.4) is 0 Å². The fraction of sp³-hybridized carbons (Fsp3) is 0.533. The van der Waals surface area contributed by atoms with Gasteiger partial charge in [0.25, 0.3) is 0 Å². The third-order valence-electron chi connectivity index (χ3n) is 3.03. The van der Waals surface area contributed by atoms with Crippen molar-refractivity contribution in [2.24, 2.45) is 5.92 Å². The maximum absolute atomic E-state index is 11.1. The minimum absolute atomic E-state index is 0.0577. The second-order valence-corrected chi connectivity index (χ2v) is 5.00. The van der Waals surface area contributed by atoms with Crippen molar-refractivity contribution in [1.82, 2.24) is 0 Å². The van der Waals surface area contributed by atoms with E-state index in [1.165, 1.54) is 18.4 Å². The van der Waals surface area contributed by atoms with E-state index >= 15 is 0 Å². The third kappa shape index (κ3) is 4.40. The zero-order chi connectivity index (χ0) is 13.5. The molecule has 0 bridgehead atoms. The normalized spacial score (nSPS) is 12.4. The van der Waals surface area contributed by atoms with Crippen molar-refractivity contribution in [3.8, 4) is 0 Å². The number of hydrogen-bond acceptors (Lipinski definition) is 2. The molecule has 18 heavy (non-hydrogen) atoms. The Bertz CT molecular complexity index is 371. The number of anilines is 1. The number of rotatable bonds is 7. The Hall–Kier alpha value is -1.51. The first-order chi connectivity index (χ1) is 8.54. The van der Waals surface area contributed by atoms with Gasteiger partial charge < -0.3 is 10.4 Å². The topological polar surface area (TPSA) is 49.3 Å². The molecular formula is C15H23NO2. The van der Waals surface area contributed by atoms with Gasteiger partial charge in [-0.05, 0) is 36.5 Å². The lowest BCUT2D eigenvalue weighted by molar-refractivity contribution is -0.138. The van der Waals surface area contributed by atoms with Gasteiger partial charge >= 0.3 is 5.97 Å². The molecule has 0 aliphatic rings. The number of carboxylic acid groups (broad SMARTS) is 1. The molecule has 1 aromatic carbocycles. The van der Waals surface area contributed by atoms with Crippen molar-refractivity contribution in [2.45, 2.75) is 46.1 Å². The van der Waals surface area contributed by atoms with Gasteiger partial charge in [0.15, 0.2) is 0 Å². The predicted octanol–water partition coefficient (Wildman–Crippen LogP) is 3.55. The molecule has 100 valence electrons. The number of hydrogen-bond donors (Lipinski definition) is 2. The highest BCUT2D eigenvalue weighted by Gasteiger charge is 2.20. The molecule has 1 atom stereocenters. The van der Waals surface area contributed by atoms with Gasteiger partial charge in [-0.3, -0.25) is 0 Å². The van der Waals surface area contributed by atoms with Crippen LogP contribution in [-0.2, 0) is 11.2 Å². The molecule has 3 heteroatoms. The van der Waals surface area contributed by atoms with Gasteiger partial charge in [0.05, 0.1) is 0 Å². The molecular weight excluding hydrogens is 226 g/mol. The van der Waals surface area contributed by atoms with Gasteiger partial charge in [-0.25, -0.2) is 4.79 Å². The number of aliphatic carboxylic acids is 1. The van der Waals surface area contributed by atoms with E-state index in [-0.39, 0.29) is 5.92 Å². The molecule has 0 radical (unpaired) electrons. The second kappa shape index (κ2) is 7.04. The fourth-order valence-corrected chi connectivity index (χ4v) is 1.84. The van der Waals surface area contributed by atoms with Crippen molar-refractivity contribution >= 4 is 11.7 Å². The standard InChI is InChI=1S/C15H23NO2/c1-4-5-6-12-7-9-13(10-8-12)16-14(11(2)3)15(17)18/h7-11,14,16H,4-6H2,1-3H3,(H,17,18). The maximum Gasteiger partial charge on any atom is 0.326 e. The Labute approximate surface area is 109 Å². The smallest absolute Gasteiger partial charge is 0.326 e. The number of unbranched alkanes of at least 4 members (excludes halogenated alkanes) is 1. The van der Waals surface area contributed by atoms with E-state index in [9.17, 15) is 4.79 Å². The second-order valence-electron chi connectivity index (χ2n) is 5.00. The minimum Gasteiger partial charge on any atom is -0.480 e. The van der Waals surface area contributed by atoms with Gasteiger partial charge in [-0.1, -0.05) is 39.3 Å². The molecule has 0 aliphatic heterocycles. The molecule has 3 nitrogen and oxygen atoms in total. The lowest BCUT2D eigenvalue weighted by Crippen LogP contribution is -2.34. The average molecular weight is 249 g/mol. The van der Waals surface area contributed by atoms with Gasteiger partial charge in [0.2, 0.25) is 0 Å². The van der Waals surface area contributed by atoms with Gasteiger partial charge in [0, 0.05) is 5.69 Å². The van der Waals surface area contributed by atoms with Crippen LogP contribution in [-0.4, -0.2) is 17.1 Å². The summed E-state index contributed by atoms with van der Waals surface area (Å²) in [6.45, 7) is 5.98. The number of nitrogens with one attached hydrogen (secondary N) is 1. The Morgan fingerprint density at radius 3 is 2.33 bits per heavy atom. The molecule has 0 saturated heterocycles. The van der Waals surface area contributed by atoms with Crippen LogP contribution in [0.25, 0.3) is 0 Å². The Balaban J connectivity index is 2.64. The molecule has 1 rings (SSSR count). The van der Waals surface area contributed by atoms with Crippen LogP contribution in [0.1, 0.15) is 39.2 Å². The van der Waals surface area contributed by atoms with Crippen LogP contribution in [0.5, 0.6) is 0 Å². The van der Waals surface area contributed by atoms with Gasteiger partial charge in [-0.2, -0.15) is 0 Å². The molecule has 1 unspecified atom stereocenters. The van der Waals surface area contributed by atoms with Crippen LogP contribution in [0.4, 0.5) is 5.69 Å². The minimum atomic E-state index is -0.806. The lowest BCUT2D eigenvalue weighted by Gasteiger charge is -2.19. The highest BCUT2D eigenvalue weighted by atomic mass is 16.4. The van der Waals surface area contributed by atoms with E-state index in [0.717, 1.165) is 12.1 Å². The summed E-state index contributed by atoms with van der Waals surface area (Å²) in [7, 11) is 0. The average Bonchev–Trinajstić information content (AvgIpc) is 2.34. The monoisotopic (exact) mass is 249 g/mol. The molecule has 0 heterocycles. The van der Waals surface area contributed by atoms with E-state index in [1.54, 1.807) is 0 Å². The van der Waals surface area contributed by atoms with E-state index in [1.807, 2.05) is 26.0 Å². The summed E-state index contributed by atoms with van der Waals surface area (Å²) in [6.07, 6.45) is 3.47. The van der Waals surface area contributed by atoms with Crippen LogP contribution >= 0.6 is 0 Å². The molecule has 0 aliphatic carbocycles. The molecule has 0 saturated carbocycles. The van der Waals surface area contributed by atoms with E-state index in [0.29, 0.717) is 0 Å². The number of carboxylic acids is 1. The Morgan fingerprint density at radius 1 is 1.28 bits per heavy atom. The SMILES string of the molecule is CCCCc1ccc(NC(C(=O)O)C(C)C)cc1. The number of carbonyl (C=O) groups is 1. The van der Waals surface area contributed by atoms with Gasteiger partial charge in [-0.15, -0.1) is 0 Å². The molecule has 1 aromatic rings. The van der Waals surface area contributed by atoms with Crippen molar-refractivity contribution in [3.63, 3.8) is 0 Å². The zero-order valence-corrected chi connectivity index (χ0v) is 11.4. The summed E-state index contributed by atoms with van der Waals surface area (Å²) in [5, 5.41) is 12.2. The molecule has 0 aromatic heterocycles. The summed E-state index contributed by atoms with van der Waals surface area (Å²) in [6, 6.07) is 7.52. The van der Waals surface area contributed by atoms with Crippen LogP contribution < -0.4 is 5.32 Å². The number of benzene rings is 1. The van der Waals surface area contributed by atoms with E-state index in [2.05, 4.69) is 24.4 Å². The lowest BCUT2D eigenvalue weighted by atomic mass is 10.0. The first-order valence-corrected chi connectivity index (χ1v) is 6.63. The highest BCUT2D eigenvalue weighted by Crippen LogP contribution is 2.15. The van der Waals surface area contributed by atoms with Crippen LogP contribution in [0.15, 0.2) is 24.3 Å². The summed E-state index contributed by atoms with van der Waals surface area (Å²) in [4.78, 5) is 11.1. The highest BCUT2D eigenvalue weighted by molar-refractivity contribution is 5.77. The van der Waals surface area contributed by atoms with Crippen molar-refractivity contribution in [2.75, 3.05) is 5.32 Å². The van der Waals surface area contributed by atoms with Crippen LogP contribution in [0.2, 0.25) is 0 Å². The third-order valence-corrected chi connectivity index (χ3v) is 3.03. The Kier molecular flexibility index (Phi) is 5.69. The quantitative estimate of drug-likeness (QED) is 0.777. The maximum atomic E-state index is 11.1. The van der Waals surface area contributed by atoms with E-state index < -0.39 is 12.0 Å². The van der Waals surface area contributed by atoms with Crippen molar-refractivity contribution < 1.29 is 9.90 Å². The first kappa shape index (κ1) is 14.6. The fourth-order valence-electron chi connectivity index (χ4n) is 1.84. The number of aryl methyl sites for hydroxylation is 1. The molecule has 0 fully saturated rings. The summed E-state index contributed by atoms with van der Waals surface area (Å²) in [5.41, 5.74) is 2.18. The molecule has 0 spiro atoms. The zero-order valence-electron chi connectivity index (χ0n) is 11.4. The molecule has 2 N–H and O–H groups in total. The predicted molar refractivity (Wildman–Crippen MR) is 74.9 cm³/mol. The summed E-state index contributed by atoms with van der Waals surface area (Å²) < 4.78 is 0. The first-order valence-electron chi connectivity index (χ1n) is 6.63. The van der Waals surface area contributed by atoms with E-state index in [4.69, 9.17) is 5.11 Å². The van der Waals surface area contributed by atoms with Gasteiger partial charge in [0.1, 0.15) is 6.04 Å². The van der Waals surface area contributed by atoms with Crippen molar-refractivity contribution in [1.29, 1.82) is 0 Å². The summed E-state index contributed by atoms with van der Waals surface area (Å²) in [5.74, 6) is -0.748. The van der Waals surface area contributed by atoms with Crippen LogP contribution in [0, 0.1) is 5.92 Å². The van der Waals surface area contributed by atoms with Crippen molar-refractivity contribution in [3.05, 3.63) is 29.8 Å². The Morgan fingerprint density at radius 2 is 1.89 bits per heavy atom.